The van der Waals surface area contributed by atoms with Crippen LogP contribution in [0, 0.1) is 0 Å². The Hall–Kier alpha value is -0.840. The summed E-state index contributed by atoms with van der Waals surface area (Å²) in [6, 6.07) is 5.02. The number of hydrogen-bond acceptors (Lipinski definition) is 3. The maximum absolute atomic E-state index is 9.35. The maximum Gasteiger partial charge on any atom is 0.244 e. The van der Waals surface area contributed by atoms with E-state index in [1.807, 2.05) is 0 Å². The van der Waals surface area contributed by atoms with Crippen LogP contribution in [0.5, 0.6) is 0 Å². The zero-order valence-electron chi connectivity index (χ0n) is 6.33. The second-order valence-electron chi connectivity index (χ2n) is 2.54. The van der Waals surface area contributed by atoms with E-state index in [-0.39, 0.29) is 0 Å². The van der Waals surface area contributed by atoms with Crippen LogP contribution in [0.2, 0.25) is 0 Å². The number of aromatic nitrogens is 3. The van der Waals surface area contributed by atoms with Crippen molar-refractivity contribution in [2.75, 3.05) is 0 Å². The first-order valence-electron chi connectivity index (χ1n) is 3.49. The SMILES string of the molecule is OC(Cl)(Cl)c1cccc2n[nH]nc12. The smallest absolute Gasteiger partial charge is 0.244 e. The highest BCUT2D eigenvalue weighted by atomic mass is 35.5. The van der Waals surface area contributed by atoms with Gasteiger partial charge in [0.25, 0.3) is 0 Å². The van der Waals surface area contributed by atoms with Gasteiger partial charge in [0.1, 0.15) is 11.0 Å². The van der Waals surface area contributed by atoms with Gasteiger partial charge in [0.2, 0.25) is 4.52 Å². The van der Waals surface area contributed by atoms with Crippen molar-refractivity contribution in [3.8, 4) is 0 Å². The van der Waals surface area contributed by atoms with E-state index in [0.717, 1.165) is 0 Å². The molecular weight excluding hydrogens is 213 g/mol. The number of fused-ring (bicyclic) bond motifs is 1. The summed E-state index contributed by atoms with van der Waals surface area (Å²) in [6.07, 6.45) is 0. The Labute approximate surface area is 83.5 Å². The first-order valence-corrected chi connectivity index (χ1v) is 4.25. The highest BCUT2D eigenvalue weighted by Gasteiger charge is 2.25. The summed E-state index contributed by atoms with van der Waals surface area (Å²) < 4.78 is -1.93. The summed E-state index contributed by atoms with van der Waals surface area (Å²) in [6.45, 7) is 0. The molecule has 0 bridgehead atoms. The highest BCUT2D eigenvalue weighted by Crippen LogP contribution is 2.33. The number of hydrogen-bond donors (Lipinski definition) is 2. The number of benzene rings is 1. The lowest BCUT2D eigenvalue weighted by Gasteiger charge is -2.11. The highest BCUT2D eigenvalue weighted by molar-refractivity contribution is 6.47. The molecule has 6 heteroatoms. The van der Waals surface area contributed by atoms with Gasteiger partial charge in [0, 0.05) is 5.56 Å². The number of nitrogens with one attached hydrogen (secondary N) is 1. The van der Waals surface area contributed by atoms with Crippen molar-refractivity contribution in [2.45, 2.75) is 4.52 Å². The van der Waals surface area contributed by atoms with Gasteiger partial charge in [0.05, 0.1) is 0 Å². The number of alkyl halides is 2. The van der Waals surface area contributed by atoms with E-state index in [4.69, 9.17) is 23.2 Å². The van der Waals surface area contributed by atoms with Gasteiger partial charge in [-0.25, -0.2) is 0 Å². The van der Waals surface area contributed by atoms with Crippen LogP contribution in [0.4, 0.5) is 0 Å². The molecule has 13 heavy (non-hydrogen) atoms. The molecule has 0 unspecified atom stereocenters. The Balaban J connectivity index is 2.75. The minimum atomic E-state index is -1.93. The van der Waals surface area contributed by atoms with Crippen LogP contribution in [0.15, 0.2) is 18.2 Å². The van der Waals surface area contributed by atoms with Crippen LogP contribution in [0.3, 0.4) is 0 Å². The normalized spacial score (nSPS) is 12.2. The molecule has 0 aliphatic carbocycles. The van der Waals surface area contributed by atoms with Gasteiger partial charge in [-0.3, -0.25) is 0 Å². The molecular formula is C7H5Cl2N3O. The average Bonchev–Trinajstić information content (AvgIpc) is 2.48. The van der Waals surface area contributed by atoms with Gasteiger partial charge < -0.3 is 5.11 Å². The van der Waals surface area contributed by atoms with E-state index in [1.165, 1.54) is 0 Å². The Kier molecular flexibility index (Phi) is 1.91. The van der Waals surface area contributed by atoms with Crippen molar-refractivity contribution in [2.24, 2.45) is 0 Å². The first-order chi connectivity index (χ1) is 6.09. The third-order valence-corrected chi connectivity index (χ3v) is 2.08. The third-order valence-electron chi connectivity index (χ3n) is 1.67. The van der Waals surface area contributed by atoms with Crippen molar-refractivity contribution in [1.82, 2.24) is 15.4 Å². The summed E-state index contributed by atoms with van der Waals surface area (Å²) in [4.78, 5) is 0. The quantitative estimate of drug-likeness (QED) is 0.713. The Morgan fingerprint density at radius 2 is 2.08 bits per heavy atom. The van der Waals surface area contributed by atoms with Gasteiger partial charge >= 0.3 is 0 Å². The zero-order chi connectivity index (χ0) is 9.47. The molecule has 0 atom stereocenters. The summed E-state index contributed by atoms with van der Waals surface area (Å²) >= 11 is 11.1. The third kappa shape index (κ3) is 1.48. The molecule has 1 aromatic heterocycles. The van der Waals surface area contributed by atoms with E-state index < -0.39 is 4.52 Å². The second-order valence-corrected chi connectivity index (χ2v) is 3.83. The number of H-pyrrole nitrogens is 1. The van der Waals surface area contributed by atoms with Crippen LogP contribution < -0.4 is 0 Å². The van der Waals surface area contributed by atoms with E-state index in [0.29, 0.717) is 16.6 Å². The standard InChI is InChI=1S/C7H5Cl2N3O/c8-7(9,13)4-2-1-3-5-6(4)11-12-10-5/h1-3,13H,(H,10,11,12). The van der Waals surface area contributed by atoms with Crippen LogP contribution >= 0.6 is 23.2 Å². The summed E-state index contributed by atoms with van der Waals surface area (Å²) in [5.41, 5.74) is 1.40. The molecule has 0 radical (unpaired) electrons. The minimum absolute atomic E-state index is 0.321. The fourth-order valence-corrected chi connectivity index (χ4v) is 1.42. The predicted molar refractivity (Wildman–Crippen MR) is 49.5 cm³/mol. The Morgan fingerprint density at radius 3 is 2.77 bits per heavy atom. The van der Waals surface area contributed by atoms with Gasteiger partial charge in [-0.2, -0.15) is 15.4 Å². The predicted octanol–water partition coefficient (Wildman–Crippen LogP) is 1.54. The van der Waals surface area contributed by atoms with Crippen LogP contribution in [0.1, 0.15) is 5.56 Å². The van der Waals surface area contributed by atoms with Crippen molar-refractivity contribution in [1.29, 1.82) is 0 Å². The summed E-state index contributed by atoms with van der Waals surface area (Å²) in [5.74, 6) is 0. The number of aliphatic hydroxyl groups is 1. The number of para-hydroxylation sites is 1. The molecule has 68 valence electrons. The average molecular weight is 218 g/mol. The molecule has 0 aliphatic heterocycles. The lowest BCUT2D eigenvalue weighted by Crippen LogP contribution is -2.08. The Bertz CT molecular complexity index is 434. The van der Waals surface area contributed by atoms with Crippen molar-refractivity contribution < 1.29 is 5.11 Å². The van der Waals surface area contributed by atoms with E-state index in [2.05, 4.69) is 15.4 Å². The van der Waals surface area contributed by atoms with Gasteiger partial charge in [-0.05, 0) is 6.07 Å². The van der Waals surface area contributed by atoms with Crippen molar-refractivity contribution >= 4 is 34.2 Å². The van der Waals surface area contributed by atoms with Crippen LogP contribution in [0.25, 0.3) is 11.0 Å². The van der Waals surface area contributed by atoms with Crippen molar-refractivity contribution in [3.63, 3.8) is 0 Å². The number of aromatic amines is 1. The van der Waals surface area contributed by atoms with Crippen LogP contribution in [-0.2, 0) is 4.52 Å². The Morgan fingerprint density at radius 1 is 1.31 bits per heavy atom. The van der Waals surface area contributed by atoms with Crippen molar-refractivity contribution in [3.05, 3.63) is 23.8 Å². The molecule has 4 nitrogen and oxygen atoms in total. The topological polar surface area (TPSA) is 61.8 Å². The van der Waals surface area contributed by atoms with Gasteiger partial charge in [-0.15, -0.1) is 0 Å². The fraction of sp³-hybridized carbons (Fsp3) is 0.143. The molecule has 0 amide bonds. The van der Waals surface area contributed by atoms with E-state index in [1.54, 1.807) is 18.2 Å². The molecule has 0 saturated carbocycles. The largest absolute Gasteiger partial charge is 0.359 e. The molecule has 0 spiro atoms. The summed E-state index contributed by atoms with van der Waals surface area (Å²) in [5, 5.41) is 19.4. The molecule has 2 aromatic rings. The number of nitrogens with zero attached hydrogens (tertiary/aromatic N) is 2. The van der Waals surface area contributed by atoms with Gasteiger partial charge in [0.15, 0.2) is 0 Å². The van der Waals surface area contributed by atoms with Crippen LogP contribution in [-0.4, -0.2) is 20.5 Å². The lowest BCUT2D eigenvalue weighted by atomic mass is 10.2. The molecule has 0 saturated heterocycles. The lowest BCUT2D eigenvalue weighted by molar-refractivity contribution is 0.220. The molecule has 2 rings (SSSR count). The molecule has 2 N–H and O–H groups in total. The zero-order valence-corrected chi connectivity index (χ0v) is 7.84. The van der Waals surface area contributed by atoms with E-state index in [9.17, 15) is 5.11 Å². The fourth-order valence-electron chi connectivity index (χ4n) is 1.11. The molecule has 1 aromatic carbocycles. The maximum atomic E-state index is 9.35. The molecule has 0 fully saturated rings. The van der Waals surface area contributed by atoms with Gasteiger partial charge in [-0.1, -0.05) is 35.3 Å². The van der Waals surface area contributed by atoms with E-state index >= 15 is 0 Å². The first kappa shape index (κ1) is 8.74. The summed E-state index contributed by atoms with van der Waals surface area (Å²) in [7, 11) is 0. The number of rotatable bonds is 1. The number of halogens is 2. The minimum Gasteiger partial charge on any atom is -0.359 e. The molecule has 0 aliphatic rings. The second kappa shape index (κ2) is 2.83. The molecule has 1 heterocycles. The monoisotopic (exact) mass is 217 g/mol.